The molecular weight excluding hydrogens is 406 g/mol. The number of aromatic nitrogens is 2. The smallest absolute Gasteiger partial charge is 0.263 e. The number of halogens is 1. The van der Waals surface area contributed by atoms with E-state index < -0.39 is 0 Å². The number of ether oxygens (including phenoxy) is 1. The lowest BCUT2D eigenvalue weighted by molar-refractivity contribution is -0.118. The van der Waals surface area contributed by atoms with Gasteiger partial charge < -0.3 is 10.1 Å². The lowest BCUT2D eigenvalue weighted by Crippen LogP contribution is -2.22. The average molecular weight is 428 g/mol. The highest BCUT2D eigenvalue weighted by molar-refractivity contribution is 9.10. The van der Waals surface area contributed by atoms with Crippen LogP contribution in [-0.2, 0) is 18.3 Å². The Bertz CT molecular complexity index is 949. The second kappa shape index (κ2) is 8.39. The van der Waals surface area contributed by atoms with Gasteiger partial charge in [0.15, 0.2) is 6.61 Å². The predicted molar refractivity (Wildman–Crippen MR) is 111 cm³/mol. The molecular formula is C21H22BrN3O2. The molecule has 2 aromatic carbocycles. The van der Waals surface area contributed by atoms with Gasteiger partial charge in [0.25, 0.3) is 5.91 Å². The number of nitrogens with zero attached hydrogens (tertiary/aromatic N) is 2. The van der Waals surface area contributed by atoms with Gasteiger partial charge in [-0.1, -0.05) is 53.2 Å². The van der Waals surface area contributed by atoms with Crippen LogP contribution in [-0.4, -0.2) is 22.3 Å². The number of para-hydroxylation sites is 1. The Balaban J connectivity index is 1.77. The quantitative estimate of drug-likeness (QED) is 0.617. The fourth-order valence-corrected chi connectivity index (χ4v) is 3.28. The van der Waals surface area contributed by atoms with Gasteiger partial charge in [-0.05, 0) is 42.7 Å². The molecule has 0 saturated carbocycles. The number of carbonyl (C=O) groups is 1. The summed E-state index contributed by atoms with van der Waals surface area (Å²) in [5, 5.41) is 7.40. The molecule has 0 fully saturated rings. The van der Waals surface area contributed by atoms with E-state index in [0.717, 1.165) is 39.0 Å². The van der Waals surface area contributed by atoms with E-state index in [4.69, 9.17) is 4.74 Å². The molecule has 0 spiro atoms. The number of nitrogens with one attached hydrogen (secondary N) is 1. The molecule has 1 N–H and O–H groups in total. The Kier molecular flexibility index (Phi) is 5.96. The third kappa shape index (κ3) is 4.39. The van der Waals surface area contributed by atoms with Crippen LogP contribution in [0.5, 0.6) is 5.75 Å². The first-order chi connectivity index (χ1) is 13.0. The largest absolute Gasteiger partial charge is 0.483 e. The third-order valence-corrected chi connectivity index (χ3v) is 4.85. The van der Waals surface area contributed by atoms with Crippen LogP contribution in [0.1, 0.15) is 18.2 Å². The molecule has 0 aliphatic heterocycles. The summed E-state index contributed by atoms with van der Waals surface area (Å²) >= 11 is 3.45. The van der Waals surface area contributed by atoms with E-state index in [-0.39, 0.29) is 12.5 Å². The van der Waals surface area contributed by atoms with Crippen molar-refractivity contribution in [3.63, 3.8) is 0 Å². The van der Waals surface area contributed by atoms with Gasteiger partial charge >= 0.3 is 0 Å². The Morgan fingerprint density at radius 2 is 1.89 bits per heavy atom. The van der Waals surface area contributed by atoms with Crippen LogP contribution in [0.3, 0.4) is 0 Å². The third-order valence-electron chi connectivity index (χ3n) is 4.33. The van der Waals surface area contributed by atoms with Crippen LogP contribution in [0.4, 0.5) is 5.82 Å². The molecule has 140 valence electrons. The van der Waals surface area contributed by atoms with Crippen LogP contribution < -0.4 is 10.1 Å². The number of anilines is 1. The maximum Gasteiger partial charge on any atom is 0.263 e. The van der Waals surface area contributed by atoms with Crippen LogP contribution >= 0.6 is 15.9 Å². The first kappa shape index (κ1) is 19.2. The summed E-state index contributed by atoms with van der Waals surface area (Å²) in [6, 6.07) is 15.7. The minimum absolute atomic E-state index is 0.0545. The lowest BCUT2D eigenvalue weighted by atomic mass is 10.1. The van der Waals surface area contributed by atoms with Crippen molar-refractivity contribution in [1.29, 1.82) is 0 Å². The second-order valence-corrected chi connectivity index (χ2v) is 7.15. The average Bonchev–Trinajstić information content (AvgIpc) is 2.94. The molecule has 3 aromatic rings. The highest BCUT2D eigenvalue weighted by Crippen LogP contribution is 2.31. The van der Waals surface area contributed by atoms with E-state index in [1.54, 1.807) is 4.68 Å². The van der Waals surface area contributed by atoms with Gasteiger partial charge in [0, 0.05) is 17.1 Å². The topological polar surface area (TPSA) is 56.1 Å². The van der Waals surface area contributed by atoms with Crippen molar-refractivity contribution in [2.45, 2.75) is 20.3 Å². The standard InChI is InChI=1S/C21H22BrN3O2/c1-4-15-7-5-6-8-18(15)27-13-19(26)23-21-20(14(2)24-25(21)3)16-9-11-17(22)12-10-16/h5-12H,4,13H2,1-3H3,(H,23,26). The summed E-state index contributed by atoms with van der Waals surface area (Å²) in [4.78, 5) is 12.5. The maximum absolute atomic E-state index is 12.5. The molecule has 3 rings (SSSR count). The molecule has 1 heterocycles. The molecule has 0 bridgehead atoms. The minimum atomic E-state index is -0.220. The van der Waals surface area contributed by atoms with E-state index in [0.29, 0.717) is 5.82 Å². The van der Waals surface area contributed by atoms with Crippen LogP contribution in [0.2, 0.25) is 0 Å². The number of carbonyl (C=O) groups excluding carboxylic acids is 1. The van der Waals surface area contributed by atoms with Crippen LogP contribution in [0, 0.1) is 6.92 Å². The monoisotopic (exact) mass is 427 g/mol. The molecule has 5 nitrogen and oxygen atoms in total. The van der Waals surface area contributed by atoms with Gasteiger partial charge in [0.2, 0.25) is 0 Å². The van der Waals surface area contributed by atoms with Crippen LogP contribution in [0.25, 0.3) is 11.1 Å². The molecule has 1 amide bonds. The Hall–Kier alpha value is -2.60. The summed E-state index contributed by atoms with van der Waals surface area (Å²) in [6.07, 6.45) is 0.854. The van der Waals surface area contributed by atoms with E-state index in [1.807, 2.05) is 62.5 Å². The summed E-state index contributed by atoms with van der Waals surface area (Å²) in [7, 11) is 1.82. The molecule has 27 heavy (non-hydrogen) atoms. The zero-order valence-electron chi connectivity index (χ0n) is 15.6. The van der Waals surface area contributed by atoms with Crippen molar-refractivity contribution < 1.29 is 9.53 Å². The zero-order valence-corrected chi connectivity index (χ0v) is 17.2. The van der Waals surface area contributed by atoms with Crippen molar-refractivity contribution >= 4 is 27.7 Å². The van der Waals surface area contributed by atoms with Gasteiger partial charge in [-0.2, -0.15) is 5.10 Å². The molecule has 1 aromatic heterocycles. The molecule has 0 aliphatic carbocycles. The predicted octanol–water partition coefficient (Wildman–Crippen LogP) is 4.74. The normalized spacial score (nSPS) is 10.7. The first-order valence-corrected chi connectivity index (χ1v) is 9.59. The molecule has 0 unspecified atom stereocenters. The Morgan fingerprint density at radius 3 is 2.59 bits per heavy atom. The molecule has 0 aliphatic rings. The van der Waals surface area contributed by atoms with Crippen molar-refractivity contribution in [3.05, 3.63) is 64.3 Å². The van der Waals surface area contributed by atoms with E-state index in [9.17, 15) is 4.79 Å². The van der Waals surface area contributed by atoms with Crippen molar-refractivity contribution in [3.8, 4) is 16.9 Å². The molecule has 0 saturated heterocycles. The lowest BCUT2D eigenvalue weighted by Gasteiger charge is -2.12. The number of amides is 1. The number of aryl methyl sites for hydroxylation is 3. The SMILES string of the molecule is CCc1ccccc1OCC(=O)Nc1c(-c2ccc(Br)cc2)c(C)nn1C. The zero-order chi connectivity index (χ0) is 19.4. The minimum Gasteiger partial charge on any atom is -0.483 e. The second-order valence-electron chi connectivity index (χ2n) is 6.24. The van der Waals surface area contributed by atoms with Gasteiger partial charge in [0.1, 0.15) is 11.6 Å². The van der Waals surface area contributed by atoms with E-state index >= 15 is 0 Å². The number of rotatable bonds is 6. The maximum atomic E-state index is 12.5. The Labute approximate surface area is 167 Å². The summed E-state index contributed by atoms with van der Waals surface area (Å²) in [6.45, 7) is 3.94. The van der Waals surface area contributed by atoms with E-state index in [2.05, 4.69) is 33.3 Å². The summed E-state index contributed by atoms with van der Waals surface area (Å²) < 4.78 is 8.41. The van der Waals surface area contributed by atoms with Gasteiger partial charge in [0.05, 0.1) is 5.69 Å². The highest BCUT2D eigenvalue weighted by atomic mass is 79.9. The first-order valence-electron chi connectivity index (χ1n) is 8.79. The van der Waals surface area contributed by atoms with Crippen molar-refractivity contribution in [1.82, 2.24) is 9.78 Å². The summed E-state index contributed by atoms with van der Waals surface area (Å²) in [5.74, 6) is 1.18. The van der Waals surface area contributed by atoms with E-state index in [1.165, 1.54) is 0 Å². The Morgan fingerprint density at radius 1 is 1.19 bits per heavy atom. The van der Waals surface area contributed by atoms with Gasteiger partial charge in [-0.25, -0.2) is 0 Å². The van der Waals surface area contributed by atoms with Crippen molar-refractivity contribution in [2.24, 2.45) is 7.05 Å². The molecule has 0 radical (unpaired) electrons. The van der Waals surface area contributed by atoms with Crippen LogP contribution in [0.15, 0.2) is 53.0 Å². The summed E-state index contributed by atoms with van der Waals surface area (Å²) in [5.41, 5.74) is 3.84. The number of hydrogen-bond acceptors (Lipinski definition) is 3. The number of benzene rings is 2. The molecule has 0 atom stereocenters. The van der Waals surface area contributed by atoms with Gasteiger partial charge in [-0.3, -0.25) is 9.48 Å². The fourth-order valence-electron chi connectivity index (χ4n) is 3.01. The highest BCUT2D eigenvalue weighted by Gasteiger charge is 2.18. The number of hydrogen-bond donors (Lipinski definition) is 1. The molecule has 6 heteroatoms. The fraction of sp³-hybridized carbons (Fsp3) is 0.238. The van der Waals surface area contributed by atoms with Crippen molar-refractivity contribution in [2.75, 3.05) is 11.9 Å². The van der Waals surface area contributed by atoms with Gasteiger partial charge in [-0.15, -0.1) is 0 Å².